The summed E-state index contributed by atoms with van der Waals surface area (Å²) < 4.78 is 6.19. The summed E-state index contributed by atoms with van der Waals surface area (Å²) in [5.74, 6) is 0. The monoisotopic (exact) mass is 639 g/mol. The number of halogens is 1. The van der Waals surface area contributed by atoms with Crippen LogP contribution in [-0.2, 0) is 5.41 Å². The van der Waals surface area contributed by atoms with Crippen molar-refractivity contribution in [2.24, 2.45) is 0 Å². The minimum absolute atomic E-state index is 0.446. The van der Waals surface area contributed by atoms with Gasteiger partial charge in [-0.3, -0.25) is 0 Å². The summed E-state index contributed by atoms with van der Waals surface area (Å²) in [6.07, 6.45) is 0. The van der Waals surface area contributed by atoms with Gasteiger partial charge in [0.15, 0.2) is 0 Å². The quantitative estimate of drug-likeness (QED) is 0.191. The molecule has 0 saturated heterocycles. The van der Waals surface area contributed by atoms with Crippen LogP contribution in [0.3, 0.4) is 0 Å². The van der Waals surface area contributed by atoms with E-state index < -0.39 is 5.41 Å². The molecular weight excluding hydrogens is 614 g/mol. The summed E-state index contributed by atoms with van der Waals surface area (Å²) in [5.41, 5.74) is 12.4. The molecule has 2 aliphatic rings. The van der Waals surface area contributed by atoms with E-state index in [-0.39, 0.29) is 0 Å². The van der Waals surface area contributed by atoms with Gasteiger partial charge in [0.05, 0.1) is 5.41 Å². The topological polar surface area (TPSA) is 16.4 Å². The molecule has 222 valence electrons. The molecule has 0 N–H and O–H groups in total. The molecule has 8 aromatic rings. The summed E-state index contributed by atoms with van der Waals surface area (Å²) in [5, 5.41) is 2.97. The van der Waals surface area contributed by atoms with E-state index in [1.165, 1.54) is 43.2 Å². The van der Waals surface area contributed by atoms with E-state index in [1.54, 1.807) is 0 Å². The van der Waals surface area contributed by atoms with Crippen molar-refractivity contribution >= 4 is 62.4 Å². The van der Waals surface area contributed by atoms with Crippen molar-refractivity contribution < 1.29 is 4.42 Å². The second-order valence-corrected chi connectivity index (χ2v) is 13.7. The van der Waals surface area contributed by atoms with Crippen molar-refractivity contribution in [2.45, 2.75) is 15.2 Å². The molecule has 0 unspecified atom stereocenters. The fourth-order valence-corrected chi connectivity index (χ4v) is 9.39. The SMILES string of the molecule is Clc1ccc2c(c1)Sc1cc(N(c3ccccc3)c3ccc4oc5ccccc5c4c3)ccc1C21c2ccccc2-c2ccccc21. The average Bonchev–Trinajstić information content (AvgIpc) is 3.63. The molecule has 1 spiro atoms. The number of para-hydroxylation sites is 2. The first kappa shape index (κ1) is 26.9. The molecule has 47 heavy (non-hydrogen) atoms. The van der Waals surface area contributed by atoms with Crippen LogP contribution in [0.4, 0.5) is 17.1 Å². The van der Waals surface area contributed by atoms with Crippen LogP contribution in [0, 0.1) is 0 Å². The van der Waals surface area contributed by atoms with Gasteiger partial charge < -0.3 is 9.32 Å². The Morgan fingerprint density at radius 1 is 0.468 bits per heavy atom. The van der Waals surface area contributed by atoms with Gasteiger partial charge in [-0.15, -0.1) is 0 Å². The Morgan fingerprint density at radius 2 is 1.06 bits per heavy atom. The van der Waals surface area contributed by atoms with Gasteiger partial charge in [-0.05, 0) is 94.0 Å². The van der Waals surface area contributed by atoms with E-state index in [9.17, 15) is 0 Å². The average molecular weight is 640 g/mol. The molecule has 10 rings (SSSR count). The molecule has 0 atom stereocenters. The molecule has 2 nitrogen and oxygen atoms in total. The molecule has 2 heterocycles. The maximum absolute atomic E-state index is 6.69. The lowest BCUT2D eigenvalue weighted by Crippen LogP contribution is -2.32. The van der Waals surface area contributed by atoms with E-state index in [4.69, 9.17) is 16.0 Å². The third-order valence-corrected chi connectivity index (χ3v) is 11.1. The summed E-state index contributed by atoms with van der Waals surface area (Å²) in [7, 11) is 0. The van der Waals surface area contributed by atoms with Crippen LogP contribution >= 0.6 is 23.4 Å². The van der Waals surface area contributed by atoms with Crippen molar-refractivity contribution in [1.82, 2.24) is 0 Å². The van der Waals surface area contributed by atoms with Crippen LogP contribution in [0.1, 0.15) is 22.3 Å². The number of anilines is 3. The zero-order valence-electron chi connectivity index (χ0n) is 25.2. The van der Waals surface area contributed by atoms with Crippen LogP contribution in [-0.4, -0.2) is 0 Å². The number of furan rings is 1. The number of fused-ring (bicyclic) bond motifs is 12. The lowest BCUT2D eigenvalue weighted by atomic mass is 9.67. The van der Waals surface area contributed by atoms with E-state index in [0.29, 0.717) is 0 Å². The van der Waals surface area contributed by atoms with Gasteiger partial charge >= 0.3 is 0 Å². The second-order valence-electron chi connectivity index (χ2n) is 12.2. The Hall–Kier alpha value is -5.22. The molecule has 4 heteroatoms. The molecule has 1 aliphatic heterocycles. The third-order valence-electron chi connectivity index (χ3n) is 9.78. The van der Waals surface area contributed by atoms with Crippen molar-refractivity contribution in [1.29, 1.82) is 0 Å². The number of hydrogen-bond acceptors (Lipinski definition) is 3. The van der Waals surface area contributed by atoms with Crippen LogP contribution in [0.15, 0.2) is 172 Å². The van der Waals surface area contributed by atoms with Crippen molar-refractivity contribution in [3.8, 4) is 11.1 Å². The molecule has 0 radical (unpaired) electrons. The van der Waals surface area contributed by atoms with Gasteiger partial charge in [-0.25, -0.2) is 0 Å². The number of rotatable bonds is 3. The fourth-order valence-electron chi connectivity index (χ4n) is 7.89. The first-order chi connectivity index (χ1) is 23.2. The smallest absolute Gasteiger partial charge is 0.135 e. The van der Waals surface area contributed by atoms with Crippen molar-refractivity contribution in [2.75, 3.05) is 4.90 Å². The molecule has 1 aliphatic carbocycles. The highest BCUT2D eigenvalue weighted by Gasteiger charge is 2.50. The van der Waals surface area contributed by atoms with Crippen LogP contribution < -0.4 is 4.90 Å². The molecule has 1 aromatic heterocycles. The normalized spacial score (nSPS) is 13.7. The highest BCUT2D eigenvalue weighted by Crippen LogP contribution is 2.62. The lowest BCUT2D eigenvalue weighted by Gasteiger charge is -2.40. The summed E-state index contributed by atoms with van der Waals surface area (Å²) in [4.78, 5) is 4.75. The molecule has 0 bridgehead atoms. The van der Waals surface area contributed by atoms with Crippen molar-refractivity contribution in [3.63, 3.8) is 0 Å². The number of hydrogen-bond donors (Lipinski definition) is 0. The van der Waals surface area contributed by atoms with Crippen LogP contribution in [0.2, 0.25) is 5.02 Å². The lowest BCUT2D eigenvalue weighted by molar-refractivity contribution is 0.669. The van der Waals surface area contributed by atoms with Crippen LogP contribution in [0.25, 0.3) is 33.1 Å². The first-order valence-electron chi connectivity index (χ1n) is 15.8. The predicted octanol–water partition coefficient (Wildman–Crippen LogP) is 12.5. The largest absolute Gasteiger partial charge is 0.456 e. The Kier molecular flexibility index (Phi) is 5.81. The zero-order chi connectivity index (χ0) is 31.1. The Bertz CT molecular complexity index is 2490. The van der Waals surface area contributed by atoms with E-state index in [2.05, 4.69) is 144 Å². The summed E-state index contributed by atoms with van der Waals surface area (Å²) in [6.45, 7) is 0. The Morgan fingerprint density at radius 3 is 1.85 bits per heavy atom. The van der Waals surface area contributed by atoms with Gasteiger partial charge in [0.25, 0.3) is 0 Å². The van der Waals surface area contributed by atoms with E-state index in [1.807, 2.05) is 30.0 Å². The summed E-state index contributed by atoms with van der Waals surface area (Å²) in [6, 6.07) is 56.6. The third kappa shape index (κ3) is 3.82. The Balaban J connectivity index is 1.23. The van der Waals surface area contributed by atoms with Gasteiger partial charge in [0.2, 0.25) is 0 Å². The van der Waals surface area contributed by atoms with Gasteiger partial charge in [-0.2, -0.15) is 0 Å². The Labute approximate surface area is 281 Å². The van der Waals surface area contributed by atoms with Gasteiger partial charge in [0.1, 0.15) is 11.2 Å². The van der Waals surface area contributed by atoms with Gasteiger partial charge in [-0.1, -0.05) is 120 Å². The fraction of sp³-hybridized carbons (Fsp3) is 0.0233. The zero-order valence-corrected chi connectivity index (χ0v) is 26.7. The van der Waals surface area contributed by atoms with E-state index in [0.717, 1.165) is 44.0 Å². The highest BCUT2D eigenvalue weighted by molar-refractivity contribution is 7.99. The molecule has 7 aromatic carbocycles. The van der Waals surface area contributed by atoms with E-state index >= 15 is 0 Å². The number of benzene rings is 7. The standard InChI is InChI=1S/C43H26ClNOS/c44-27-18-21-37-41(24-27)47-42-26-30(19-22-38(42)43(37)35-15-7-4-12-31(35)32-13-5-8-16-36(32)43)45(28-10-2-1-3-11-28)29-20-23-40-34(25-29)33-14-6-9-17-39(33)46-40/h1-26H. The predicted molar refractivity (Wildman–Crippen MR) is 195 cm³/mol. The minimum atomic E-state index is -0.446. The summed E-state index contributed by atoms with van der Waals surface area (Å²) >= 11 is 8.50. The maximum Gasteiger partial charge on any atom is 0.135 e. The molecule has 0 saturated carbocycles. The maximum atomic E-state index is 6.69. The van der Waals surface area contributed by atoms with Gasteiger partial charge in [0, 0.05) is 42.6 Å². The molecular formula is C43H26ClNOS. The van der Waals surface area contributed by atoms with Crippen LogP contribution in [0.5, 0.6) is 0 Å². The van der Waals surface area contributed by atoms with Crippen molar-refractivity contribution in [3.05, 3.63) is 185 Å². The minimum Gasteiger partial charge on any atom is -0.456 e. The highest BCUT2D eigenvalue weighted by atomic mass is 35.5. The number of nitrogens with zero attached hydrogens (tertiary/aromatic N) is 1. The first-order valence-corrected chi connectivity index (χ1v) is 17.0. The molecule has 0 amide bonds. The second kappa shape index (κ2) is 10.1. The molecule has 0 fully saturated rings.